The van der Waals surface area contributed by atoms with Crippen molar-refractivity contribution in [2.45, 2.75) is 11.0 Å². The maximum absolute atomic E-state index is 12.4. The number of benzene rings is 2. The highest BCUT2D eigenvalue weighted by Crippen LogP contribution is 2.30. The van der Waals surface area contributed by atoms with Crippen molar-refractivity contribution < 1.29 is 18.3 Å². The molecule has 0 radical (unpaired) electrons. The molecule has 0 fully saturated rings. The second-order valence-electron chi connectivity index (χ2n) is 5.23. The van der Waals surface area contributed by atoms with Gasteiger partial charge in [0.15, 0.2) is 0 Å². The van der Waals surface area contributed by atoms with Crippen molar-refractivity contribution in [3.8, 4) is 5.75 Å². The molecule has 0 spiro atoms. The summed E-state index contributed by atoms with van der Waals surface area (Å²) in [5, 5.41) is 13.2. The van der Waals surface area contributed by atoms with Crippen LogP contribution in [0.2, 0.25) is 0 Å². The third-order valence-corrected chi connectivity index (χ3v) is 6.09. The topological polar surface area (TPSA) is 75.6 Å². The lowest BCUT2D eigenvalue weighted by Crippen LogP contribution is -2.28. The molecule has 0 aliphatic heterocycles. The number of hydrogen-bond acceptors (Lipinski definition) is 5. The van der Waals surface area contributed by atoms with E-state index in [1.807, 2.05) is 29.6 Å². The van der Waals surface area contributed by atoms with E-state index in [1.165, 1.54) is 30.6 Å². The number of ether oxygens (including phenoxy) is 1. The zero-order valence-corrected chi connectivity index (χ0v) is 14.6. The van der Waals surface area contributed by atoms with E-state index in [1.54, 1.807) is 12.1 Å². The molecule has 1 aromatic heterocycles. The molecule has 3 rings (SSSR count). The molecule has 0 amide bonds. The predicted octanol–water partition coefficient (Wildman–Crippen LogP) is 2.92. The molecule has 2 aromatic carbocycles. The van der Waals surface area contributed by atoms with Gasteiger partial charge in [0.25, 0.3) is 0 Å². The molecule has 7 heteroatoms. The van der Waals surface area contributed by atoms with Crippen LogP contribution in [-0.2, 0) is 10.0 Å². The molecule has 1 atom stereocenters. The number of hydrogen-bond donors (Lipinski definition) is 2. The number of fused-ring (bicyclic) bond motifs is 1. The molecule has 1 heterocycles. The minimum absolute atomic E-state index is 0.0970. The Labute approximate surface area is 144 Å². The van der Waals surface area contributed by atoms with E-state index in [9.17, 15) is 13.5 Å². The third-order valence-electron chi connectivity index (χ3n) is 3.69. The van der Waals surface area contributed by atoms with Crippen LogP contribution >= 0.6 is 11.3 Å². The highest BCUT2D eigenvalue weighted by Gasteiger charge is 2.19. The van der Waals surface area contributed by atoms with Crippen LogP contribution in [0.3, 0.4) is 0 Å². The molecule has 0 saturated heterocycles. The molecule has 0 aliphatic carbocycles. The van der Waals surface area contributed by atoms with Crippen LogP contribution < -0.4 is 9.46 Å². The molecule has 0 saturated carbocycles. The van der Waals surface area contributed by atoms with Gasteiger partial charge in [0, 0.05) is 22.9 Å². The number of thiophene rings is 1. The van der Waals surface area contributed by atoms with Crippen molar-refractivity contribution >= 4 is 31.4 Å². The summed E-state index contributed by atoms with van der Waals surface area (Å²) in [7, 11) is -2.24. The van der Waals surface area contributed by atoms with Gasteiger partial charge >= 0.3 is 0 Å². The molecule has 1 unspecified atom stereocenters. The van der Waals surface area contributed by atoms with Gasteiger partial charge in [0.05, 0.1) is 18.1 Å². The van der Waals surface area contributed by atoms with E-state index in [2.05, 4.69) is 4.72 Å². The molecular weight excluding hydrogens is 346 g/mol. The summed E-state index contributed by atoms with van der Waals surface area (Å²) in [4.78, 5) is 0.101. The summed E-state index contributed by atoms with van der Waals surface area (Å²) in [5.41, 5.74) is 0.726. The van der Waals surface area contributed by atoms with Crippen LogP contribution in [0.5, 0.6) is 5.75 Å². The lowest BCUT2D eigenvalue weighted by atomic mass is 10.1. The fourth-order valence-electron chi connectivity index (χ4n) is 2.41. The smallest absolute Gasteiger partial charge is 0.240 e. The monoisotopic (exact) mass is 363 g/mol. The van der Waals surface area contributed by atoms with E-state index >= 15 is 0 Å². The van der Waals surface area contributed by atoms with Gasteiger partial charge < -0.3 is 9.84 Å². The van der Waals surface area contributed by atoms with Gasteiger partial charge in [-0.1, -0.05) is 24.3 Å². The maximum Gasteiger partial charge on any atom is 0.240 e. The number of rotatable bonds is 6. The molecule has 24 heavy (non-hydrogen) atoms. The Morgan fingerprint density at radius 2 is 2.00 bits per heavy atom. The first kappa shape index (κ1) is 16.9. The highest BCUT2D eigenvalue weighted by molar-refractivity contribution is 7.89. The molecule has 3 aromatic rings. The van der Waals surface area contributed by atoms with Gasteiger partial charge in [-0.15, -0.1) is 11.3 Å². The minimum atomic E-state index is -3.72. The Balaban J connectivity index is 1.76. The van der Waals surface area contributed by atoms with Crippen LogP contribution in [0.1, 0.15) is 11.7 Å². The van der Waals surface area contributed by atoms with Gasteiger partial charge in [0.1, 0.15) is 5.75 Å². The average molecular weight is 363 g/mol. The van der Waals surface area contributed by atoms with E-state index < -0.39 is 16.1 Å². The van der Waals surface area contributed by atoms with Crippen molar-refractivity contribution in [2.24, 2.45) is 0 Å². The van der Waals surface area contributed by atoms with E-state index in [0.29, 0.717) is 5.75 Å². The van der Waals surface area contributed by atoms with Gasteiger partial charge in [-0.2, -0.15) is 0 Å². The number of aliphatic hydroxyl groups is 1. The Bertz CT molecular complexity index is 950. The minimum Gasteiger partial charge on any atom is -0.497 e. The van der Waals surface area contributed by atoms with Gasteiger partial charge in [-0.05, 0) is 29.0 Å². The van der Waals surface area contributed by atoms with Crippen molar-refractivity contribution in [1.82, 2.24) is 4.72 Å². The number of methoxy groups -OCH3 is 1. The summed E-state index contributed by atoms with van der Waals surface area (Å²) in [6.45, 7) is -0.0970. The fourth-order valence-corrected chi connectivity index (χ4v) is 4.49. The summed E-state index contributed by atoms with van der Waals surface area (Å²) in [6.07, 6.45) is -0.915. The third kappa shape index (κ3) is 3.44. The zero-order valence-electron chi connectivity index (χ0n) is 13.0. The number of nitrogens with one attached hydrogen (secondary N) is 1. The van der Waals surface area contributed by atoms with Crippen molar-refractivity contribution in [3.63, 3.8) is 0 Å². The molecular formula is C17H17NO4S2. The molecule has 2 N–H and O–H groups in total. The number of aliphatic hydroxyl groups excluding tert-OH is 1. The van der Waals surface area contributed by atoms with Crippen LogP contribution in [-0.4, -0.2) is 27.2 Å². The van der Waals surface area contributed by atoms with Gasteiger partial charge in [-0.3, -0.25) is 0 Å². The normalized spacial score (nSPS) is 13.1. The first-order valence-corrected chi connectivity index (χ1v) is 9.65. The average Bonchev–Trinajstić information content (AvgIpc) is 3.04. The second-order valence-corrected chi connectivity index (χ2v) is 7.91. The van der Waals surface area contributed by atoms with E-state index in [-0.39, 0.29) is 11.4 Å². The summed E-state index contributed by atoms with van der Waals surface area (Å²) in [5.74, 6) is 0.460. The molecule has 0 aliphatic rings. The Morgan fingerprint density at radius 1 is 1.21 bits per heavy atom. The maximum atomic E-state index is 12.4. The molecule has 5 nitrogen and oxygen atoms in total. The Kier molecular flexibility index (Phi) is 4.86. The fraction of sp³-hybridized carbons (Fsp3) is 0.176. The first-order valence-electron chi connectivity index (χ1n) is 7.29. The van der Waals surface area contributed by atoms with E-state index in [4.69, 9.17) is 4.74 Å². The molecule has 0 bridgehead atoms. The van der Waals surface area contributed by atoms with Crippen molar-refractivity contribution in [1.29, 1.82) is 0 Å². The Morgan fingerprint density at radius 3 is 2.79 bits per heavy atom. The predicted molar refractivity (Wildman–Crippen MR) is 95.0 cm³/mol. The standard InChI is InChI=1S/C17H17NO4S2/c1-22-12-5-4-6-13(9-12)24(20,21)18-10-16(19)15-11-23-17-8-3-2-7-14(15)17/h2-9,11,16,18-19H,10H2,1H3. The lowest BCUT2D eigenvalue weighted by molar-refractivity contribution is 0.184. The Hall–Kier alpha value is -1.93. The van der Waals surface area contributed by atoms with Gasteiger partial charge in [-0.25, -0.2) is 13.1 Å². The first-order chi connectivity index (χ1) is 11.5. The summed E-state index contributed by atoms with van der Waals surface area (Å²) in [6, 6.07) is 13.9. The summed E-state index contributed by atoms with van der Waals surface area (Å²) < 4.78 is 33.3. The second kappa shape index (κ2) is 6.90. The zero-order chi connectivity index (χ0) is 17.2. The largest absolute Gasteiger partial charge is 0.497 e. The van der Waals surface area contributed by atoms with Crippen LogP contribution in [0, 0.1) is 0 Å². The quantitative estimate of drug-likeness (QED) is 0.706. The number of sulfonamides is 1. The SMILES string of the molecule is COc1cccc(S(=O)(=O)NCC(O)c2csc3ccccc23)c1. The van der Waals surface area contributed by atoms with Crippen LogP contribution in [0.25, 0.3) is 10.1 Å². The van der Waals surface area contributed by atoms with Crippen LogP contribution in [0.15, 0.2) is 58.8 Å². The van der Waals surface area contributed by atoms with Crippen molar-refractivity contribution in [2.75, 3.05) is 13.7 Å². The van der Waals surface area contributed by atoms with E-state index in [0.717, 1.165) is 15.6 Å². The van der Waals surface area contributed by atoms with Crippen molar-refractivity contribution in [3.05, 3.63) is 59.5 Å². The van der Waals surface area contributed by atoms with Crippen LogP contribution in [0.4, 0.5) is 0 Å². The van der Waals surface area contributed by atoms with Gasteiger partial charge in [0.2, 0.25) is 10.0 Å². The lowest BCUT2D eigenvalue weighted by Gasteiger charge is -2.12. The summed E-state index contributed by atoms with van der Waals surface area (Å²) >= 11 is 1.52. The highest BCUT2D eigenvalue weighted by atomic mass is 32.2. The molecule has 126 valence electrons.